The summed E-state index contributed by atoms with van der Waals surface area (Å²) >= 11 is 5.88. The summed E-state index contributed by atoms with van der Waals surface area (Å²) in [5.74, 6) is 0.744. The normalized spacial score (nSPS) is 18.2. The summed E-state index contributed by atoms with van der Waals surface area (Å²) in [7, 11) is 0. The molecule has 2 amide bonds. The number of amides is 2. The Morgan fingerprint density at radius 1 is 1.00 bits per heavy atom. The maximum atomic E-state index is 12.1. The Bertz CT molecular complexity index is 798. The lowest BCUT2D eigenvalue weighted by atomic mass is 9.89. The first-order valence-corrected chi connectivity index (χ1v) is 10.7. The summed E-state index contributed by atoms with van der Waals surface area (Å²) < 4.78 is 5.31. The molecule has 2 fully saturated rings. The molecular formula is C23H28ClN3O2. The Labute approximate surface area is 177 Å². The molecule has 2 aliphatic rings. The predicted octanol–water partition coefficient (Wildman–Crippen LogP) is 4.32. The van der Waals surface area contributed by atoms with E-state index in [-0.39, 0.29) is 6.03 Å². The highest BCUT2D eigenvalue weighted by molar-refractivity contribution is 6.30. The van der Waals surface area contributed by atoms with Crippen LogP contribution in [0.15, 0.2) is 48.5 Å². The fourth-order valence-electron chi connectivity index (χ4n) is 3.97. The van der Waals surface area contributed by atoms with Gasteiger partial charge in [-0.15, -0.1) is 0 Å². The number of hydrogen-bond donors (Lipinski definition) is 2. The molecule has 0 aliphatic carbocycles. The minimum absolute atomic E-state index is 0.208. The van der Waals surface area contributed by atoms with Gasteiger partial charge < -0.3 is 15.4 Å². The van der Waals surface area contributed by atoms with Crippen LogP contribution >= 0.6 is 11.6 Å². The van der Waals surface area contributed by atoms with E-state index in [0.717, 1.165) is 36.8 Å². The van der Waals surface area contributed by atoms with E-state index in [4.69, 9.17) is 16.3 Å². The second-order valence-corrected chi connectivity index (χ2v) is 8.44. The van der Waals surface area contributed by atoms with Gasteiger partial charge in [-0.1, -0.05) is 35.9 Å². The van der Waals surface area contributed by atoms with Crippen molar-refractivity contribution in [2.45, 2.75) is 31.8 Å². The van der Waals surface area contributed by atoms with Crippen molar-refractivity contribution in [1.82, 2.24) is 10.2 Å². The highest BCUT2D eigenvalue weighted by Gasteiger charge is 2.29. The largest absolute Gasteiger partial charge is 0.378 e. The molecule has 0 atom stereocenters. The summed E-state index contributed by atoms with van der Waals surface area (Å²) in [6.07, 6.45) is 3.62. The van der Waals surface area contributed by atoms with Crippen LogP contribution in [0.1, 0.15) is 24.0 Å². The zero-order chi connectivity index (χ0) is 20.1. The van der Waals surface area contributed by atoms with E-state index >= 15 is 0 Å². The predicted molar refractivity (Wildman–Crippen MR) is 116 cm³/mol. The number of nitrogens with one attached hydrogen (secondary N) is 2. The molecule has 2 aromatic rings. The summed E-state index contributed by atoms with van der Waals surface area (Å²) in [6, 6.07) is 16.1. The molecule has 2 aliphatic heterocycles. The minimum Gasteiger partial charge on any atom is -0.378 e. The Hall–Kier alpha value is -2.08. The zero-order valence-electron chi connectivity index (χ0n) is 16.6. The number of carbonyl (C=O) groups is 1. The van der Waals surface area contributed by atoms with Crippen LogP contribution in [0.2, 0.25) is 5.02 Å². The van der Waals surface area contributed by atoms with Crippen LogP contribution < -0.4 is 10.6 Å². The molecule has 0 aromatic heterocycles. The number of ether oxygens (including phenoxy) is 1. The van der Waals surface area contributed by atoms with E-state index in [1.807, 2.05) is 36.4 Å². The van der Waals surface area contributed by atoms with Crippen molar-refractivity contribution in [2.75, 3.05) is 31.6 Å². The van der Waals surface area contributed by atoms with Gasteiger partial charge in [0.15, 0.2) is 0 Å². The van der Waals surface area contributed by atoms with Crippen LogP contribution in [0.4, 0.5) is 10.5 Å². The number of benzene rings is 2. The average Bonchev–Trinajstić information content (AvgIpc) is 2.69. The van der Waals surface area contributed by atoms with Crippen molar-refractivity contribution in [3.8, 4) is 0 Å². The van der Waals surface area contributed by atoms with Crippen LogP contribution in [-0.4, -0.2) is 43.3 Å². The van der Waals surface area contributed by atoms with E-state index in [1.165, 1.54) is 31.5 Å². The van der Waals surface area contributed by atoms with Crippen LogP contribution in [0.25, 0.3) is 0 Å². The van der Waals surface area contributed by atoms with Gasteiger partial charge in [-0.3, -0.25) is 4.90 Å². The third kappa shape index (κ3) is 5.72. The monoisotopic (exact) mass is 413 g/mol. The van der Waals surface area contributed by atoms with Crippen molar-refractivity contribution in [3.63, 3.8) is 0 Å². The molecule has 5 nitrogen and oxygen atoms in total. The minimum atomic E-state index is -0.208. The van der Waals surface area contributed by atoms with Crippen LogP contribution in [0, 0.1) is 5.92 Å². The summed E-state index contributed by atoms with van der Waals surface area (Å²) in [5.41, 5.74) is 3.15. The van der Waals surface area contributed by atoms with E-state index in [0.29, 0.717) is 17.6 Å². The van der Waals surface area contributed by atoms with E-state index < -0.39 is 0 Å². The maximum Gasteiger partial charge on any atom is 0.319 e. The molecule has 2 aromatic carbocycles. The maximum absolute atomic E-state index is 12.1. The SMILES string of the molecule is O=C(NCc1ccc(Cl)cc1)Nc1ccc(CC2CCN(C3COC3)CC2)cc1. The lowest BCUT2D eigenvalue weighted by Gasteiger charge is -2.41. The van der Waals surface area contributed by atoms with Crippen molar-refractivity contribution in [2.24, 2.45) is 5.92 Å². The zero-order valence-corrected chi connectivity index (χ0v) is 17.3. The van der Waals surface area contributed by atoms with Crippen LogP contribution in [0.5, 0.6) is 0 Å². The fraction of sp³-hybridized carbons (Fsp3) is 0.435. The smallest absolute Gasteiger partial charge is 0.319 e. The number of halogens is 1. The third-order valence-corrected chi connectivity index (χ3v) is 6.14. The number of likely N-dealkylation sites (tertiary alicyclic amines) is 1. The van der Waals surface area contributed by atoms with E-state index in [2.05, 4.69) is 27.7 Å². The van der Waals surface area contributed by atoms with Crippen LogP contribution in [-0.2, 0) is 17.7 Å². The second-order valence-electron chi connectivity index (χ2n) is 8.01. The van der Waals surface area contributed by atoms with Crippen molar-refractivity contribution in [3.05, 3.63) is 64.7 Å². The number of nitrogens with zero attached hydrogens (tertiary/aromatic N) is 1. The number of piperidine rings is 1. The fourth-order valence-corrected chi connectivity index (χ4v) is 4.10. The first-order chi connectivity index (χ1) is 14.2. The van der Waals surface area contributed by atoms with Gasteiger partial charge in [0.25, 0.3) is 0 Å². The summed E-state index contributed by atoms with van der Waals surface area (Å²) in [6.45, 7) is 4.66. The van der Waals surface area contributed by atoms with E-state index in [1.54, 1.807) is 0 Å². The number of anilines is 1. The quantitative estimate of drug-likeness (QED) is 0.741. The highest BCUT2D eigenvalue weighted by atomic mass is 35.5. The molecule has 2 saturated heterocycles. The molecule has 2 N–H and O–H groups in total. The number of urea groups is 1. The first-order valence-electron chi connectivity index (χ1n) is 10.4. The Balaban J connectivity index is 1.19. The van der Waals surface area contributed by atoms with Crippen molar-refractivity contribution >= 4 is 23.3 Å². The Morgan fingerprint density at radius 2 is 1.66 bits per heavy atom. The standard InChI is InChI=1S/C23H28ClN3O2/c24-20-5-1-19(2-6-20)14-25-23(28)26-21-7-3-17(4-8-21)13-18-9-11-27(12-10-18)22-15-29-16-22/h1-8,18,22H,9-16H2,(H2,25,26,28). The molecule has 0 unspecified atom stereocenters. The average molecular weight is 414 g/mol. The number of rotatable bonds is 6. The van der Waals surface area contributed by atoms with Gasteiger partial charge in [0.2, 0.25) is 0 Å². The van der Waals surface area contributed by atoms with Gasteiger partial charge in [-0.2, -0.15) is 0 Å². The molecule has 4 rings (SSSR count). The number of hydrogen-bond acceptors (Lipinski definition) is 3. The molecule has 29 heavy (non-hydrogen) atoms. The molecule has 0 bridgehead atoms. The van der Waals surface area contributed by atoms with Crippen molar-refractivity contribution in [1.29, 1.82) is 0 Å². The lowest BCUT2D eigenvalue weighted by molar-refractivity contribution is -0.0737. The Morgan fingerprint density at radius 3 is 2.28 bits per heavy atom. The van der Waals surface area contributed by atoms with Crippen molar-refractivity contribution < 1.29 is 9.53 Å². The lowest BCUT2D eigenvalue weighted by Crippen LogP contribution is -2.51. The first kappa shape index (κ1) is 20.2. The van der Waals surface area contributed by atoms with Gasteiger partial charge in [-0.25, -0.2) is 4.79 Å². The molecule has 154 valence electrons. The van der Waals surface area contributed by atoms with Gasteiger partial charge in [0.05, 0.1) is 19.3 Å². The molecule has 0 saturated carbocycles. The molecule has 0 spiro atoms. The third-order valence-electron chi connectivity index (χ3n) is 5.89. The van der Waals surface area contributed by atoms with Gasteiger partial charge >= 0.3 is 6.03 Å². The van der Waals surface area contributed by atoms with Crippen LogP contribution in [0.3, 0.4) is 0 Å². The molecule has 6 heteroatoms. The Kier molecular flexibility index (Phi) is 6.70. The topological polar surface area (TPSA) is 53.6 Å². The summed E-state index contributed by atoms with van der Waals surface area (Å²) in [5, 5.41) is 6.45. The second kappa shape index (κ2) is 9.61. The molecule has 0 radical (unpaired) electrons. The molecular weight excluding hydrogens is 386 g/mol. The van der Waals surface area contributed by atoms with Gasteiger partial charge in [0, 0.05) is 17.3 Å². The van der Waals surface area contributed by atoms with E-state index in [9.17, 15) is 4.79 Å². The highest BCUT2D eigenvalue weighted by Crippen LogP contribution is 2.25. The van der Waals surface area contributed by atoms with Gasteiger partial charge in [-0.05, 0) is 73.7 Å². The molecule has 2 heterocycles. The van der Waals surface area contributed by atoms with Gasteiger partial charge in [0.1, 0.15) is 0 Å². The number of carbonyl (C=O) groups excluding carboxylic acids is 1. The summed E-state index contributed by atoms with van der Waals surface area (Å²) in [4.78, 5) is 14.7.